The highest BCUT2D eigenvalue weighted by atomic mass is 16.5. The van der Waals surface area contributed by atoms with Crippen molar-refractivity contribution >= 4 is 0 Å². The third-order valence-corrected chi connectivity index (χ3v) is 20.9. The molecule has 57 heavy (non-hydrogen) atoms. The van der Waals surface area contributed by atoms with Crippen LogP contribution in [0.3, 0.4) is 0 Å². The molecule has 8 aliphatic carbocycles. The van der Waals surface area contributed by atoms with Crippen molar-refractivity contribution in [2.45, 2.75) is 254 Å². The maximum atomic E-state index is 7.93. The second-order valence-electron chi connectivity index (χ2n) is 23.4. The Morgan fingerprint density at radius 3 is 1.79 bits per heavy atom. The molecule has 6 nitrogen and oxygen atoms in total. The van der Waals surface area contributed by atoms with Gasteiger partial charge in [-0.05, 0) is 155 Å². The molecular formula is C51H84N4O2. The standard InChI is InChI=1S/C51H84N4O2/c1-3-13-31(14-4-1)33-17-11-18-35(29-33)55-43-23-9-7-19-36(43)39-27-28-41-40-21-12-22-42(47(40)57-48(41)46(39)55)51-53-49(32-15-5-2-6-16-32)52-50(54-51)34-25-26-38-37-20-8-10-24-44(37)56-45(38)30-34/h31-54H,1-30H2. The molecule has 0 aromatic heterocycles. The maximum absolute atomic E-state index is 7.93. The Morgan fingerprint density at radius 1 is 0.333 bits per heavy atom. The Balaban J connectivity index is 0.797. The SMILES string of the molecule is C1CCC(C2CCCC(N3C4CCCCC4C4CCC5C6CCCC(C7NC(C8CCCCC8)NC(C8CCC9C(C8)OC8CCCCC89)N7)C6OC5C43)C2)CC1. The molecule has 4 aliphatic heterocycles. The Morgan fingerprint density at radius 2 is 0.930 bits per heavy atom. The van der Waals surface area contributed by atoms with E-state index < -0.39 is 0 Å². The summed E-state index contributed by atoms with van der Waals surface area (Å²) in [5.74, 6) is 9.19. The van der Waals surface area contributed by atoms with Crippen LogP contribution in [0.15, 0.2) is 0 Å². The van der Waals surface area contributed by atoms with E-state index in [1.165, 1.54) is 193 Å². The van der Waals surface area contributed by atoms with Crippen LogP contribution in [0.5, 0.6) is 0 Å². The van der Waals surface area contributed by atoms with Gasteiger partial charge in [-0.2, -0.15) is 0 Å². The number of hydrogen-bond acceptors (Lipinski definition) is 6. The van der Waals surface area contributed by atoms with Crippen LogP contribution in [0.1, 0.15) is 193 Å². The molecule has 6 heteroatoms. The largest absolute Gasteiger partial charge is 0.374 e. The average Bonchev–Trinajstić information content (AvgIpc) is 3.96. The predicted octanol–water partition coefficient (Wildman–Crippen LogP) is 10.3. The first-order valence-corrected chi connectivity index (χ1v) is 26.6. The van der Waals surface area contributed by atoms with E-state index in [1.54, 1.807) is 0 Å². The molecule has 4 saturated heterocycles. The molecule has 12 rings (SSSR count). The number of nitrogens with zero attached hydrogens (tertiary/aromatic N) is 1. The molecule has 0 radical (unpaired) electrons. The summed E-state index contributed by atoms with van der Waals surface area (Å²) in [5, 5.41) is 13.1. The van der Waals surface area contributed by atoms with Gasteiger partial charge in [0, 0.05) is 24.0 Å². The highest BCUT2D eigenvalue weighted by Gasteiger charge is 2.63. The Kier molecular flexibility index (Phi) is 11.1. The van der Waals surface area contributed by atoms with Gasteiger partial charge in [-0.3, -0.25) is 20.9 Å². The molecule has 0 bridgehead atoms. The summed E-state index contributed by atoms with van der Waals surface area (Å²) in [4.78, 5) is 3.32. The molecule has 320 valence electrons. The van der Waals surface area contributed by atoms with Gasteiger partial charge >= 0.3 is 0 Å². The van der Waals surface area contributed by atoms with Crippen LogP contribution in [-0.4, -0.2) is 65.9 Å². The van der Waals surface area contributed by atoms with E-state index >= 15 is 0 Å². The summed E-state index contributed by atoms with van der Waals surface area (Å²) in [6.07, 6.45) is 46.6. The molecule has 0 aromatic rings. The van der Waals surface area contributed by atoms with Gasteiger partial charge in [0.2, 0.25) is 0 Å². The Labute approximate surface area is 348 Å². The number of ether oxygens (including phenoxy) is 2. The minimum Gasteiger partial charge on any atom is -0.374 e. The Hall–Kier alpha value is -0.240. The lowest BCUT2D eigenvalue weighted by molar-refractivity contribution is -0.0921. The van der Waals surface area contributed by atoms with Crippen LogP contribution in [0, 0.1) is 65.1 Å². The van der Waals surface area contributed by atoms with Crippen molar-refractivity contribution in [1.29, 1.82) is 0 Å². The van der Waals surface area contributed by atoms with Crippen LogP contribution in [0.2, 0.25) is 0 Å². The second-order valence-corrected chi connectivity index (χ2v) is 23.4. The zero-order chi connectivity index (χ0) is 37.5. The van der Waals surface area contributed by atoms with Gasteiger partial charge in [-0.15, -0.1) is 0 Å². The molecule has 0 aromatic carbocycles. The summed E-state index contributed by atoms with van der Waals surface area (Å²) < 4.78 is 14.9. The number of nitrogens with one attached hydrogen (secondary N) is 3. The predicted molar refractivity (Wildman–Crippen MR) is 228 cm³/mol. The van der Waals surface area contributed by atoms with Gasteiger partial charge in [0.25, 0.3) is 0 Å². The summed E-state index contributed by atoms with van der Waals surface area (Å²) in [5.41, 5.74) is 0. The first-order valence-electron chi connectivity index (χ1n) is 26.6. The summed E-state index contributed by atoms with van der Waals surface area (Å²) in [6, 6.07) is 2.40. The average molecular weight is 785 g/mol. The lowest BCUT2D eigenvalue weighted by atomic mass is 9.64. The lowest BCUT2D eigenvalue weighted by Crippen LogP contribution is -2.73. The molecule has 12 fully saturated rings. The third-order valence-electron chi connectivity index (χ3n) is 20.9. The van der Waals surface area contributed by atoms with Crippen LogP contribution in [0.4, 0.5) is 0 Å². The zero-order valence-corrected chi connectivity index (χ0v) is 36.1. The van der Waals surface area contributed by atoms with Gasteiger partial charge in [0.05, 0.1) is 42.9 Å². The zero-order valence-electron chi connectivity index (χ0n) is 36.1. The number of likely N-dealkylation sites (tertiary alicyclic amines) is 1. The minimum atomic E-state index is 0.369. The maximum Gasteiger partial charge on any atom is 0.0769 e. The molecular weight excluding hydrogens is 701 g/mol. The molecule has 0 amide bonds. The molecule has 19 unspecified atom stereocenters. The highest BCUT2D eigenvalue weighted by molar-refractivity contribution is 5.14. The van der Waals surface area contributed by atoms with Crippen LogP contribution in [-0.2, 0) is 9.47 Å². The van der Waals surface area contributed by atoms with Gasteiger partial charge in [-0.25, -0.2) is 0 Å². The van der Waals surface area contributed by atoms with E-state index in [2.05, 4.69) is 20.9 Å². The quantitative estimate of drug-likeness (QED) is 0.258. The van der Waals surface area contributed by atoms with Crippen LogP contribution >= 0.6 is 0 Å². The number of rotatable bonds is 5. The van der Waals surface area contributed by atoms with Crippen molar-refractivity contribution < 1.29 is 9.47 Å². The molecule has 4 heterocycles. The summed E-state index contributed by atoms with van der Waals surface area (Å²) >= 11 is 0. The van der Waals surface area contributed by atoms with E-state index in [0.717, 1.165) is 65.3 Å². The smallest absolute Gasteiger partial charge is 0.0769 e. The molecule has 8 saturated carbocycles. The van der Waals surface area contributed by atoms with E-state index in [0.29, 0.717) is 60.8 Å². The van der Waals surface area contributed by atoms with E-state index in [-0.39, 0.29) is 0 Å². The Bertz CT molecular complexity index is 1370. The first-order chi connectivity index (χ1) is 28.2. The number of fused-ring (bicyclic) bond motifs is 10. The van der Waals surface area contributed by atoms with Crippen molar-refractivity contribution in [3.63, 3.8) is 0 Å². The fraction of sp³-hybridized carbons (Fsp3) is 1.00. The van der Waals surface area contributed by atoms with Crippen LogP contribution in [0.25, 0.3) is 0 Å². The molecule has 12 aliphatic rings. The fourth-order valence-corrected chi connectivity index (χ4v) is 18.5. The first kappa shape index (κ1) is 38.4. The third kappa shape index (κ3) is 7.00. The topological polar surface area (TPSA) is 57.8 Å². The summed E-state index contributed by atoms with van der Waals surface area (Å²) in [6.45, 7) is 0. The van der Waals surface area contributed by atoms with Gasteiger partial charge in [-0.1, -0.05) is 96.3 Å². The van der Waals surface area contributed by atoms with Crippen molar-refractivity contribution in [2.24, 2.45) is 65.1 Å². The normalized spacial score (nSPS) is 53.6. The highest BCUT2D eigenvalue weighted by Crippen LogP contribution is 2.59. The van der Waals surface area contributed by atoms with Crippen molar-refractivity contribution in [3.05, 3.63) is 0 Å². The van der Waals surface area contributed by atoms with Crippen molar-refractivity contribution in [2.75, 3.05) is 0 Å². The van der Waals surface area contributed by atoms with E-state index in [4.69, 9.17) is 9.47 Å². The fourth-order valence-electron chi connectivity index (χ4n) is 18.5. The molecule has 19 atom stereocenters. The summed E-state index contributed by atoms with van der Waals surface area (Å²) in [7, 11) is 0. The van der Waals surface area contributed by atoms with Gasteiger partial charge < -0.3 is 9.47 Å². The molecule has 0 spiro atoms. The number of hydrogen-bond donors (Lipinski definition) is 3. The monoisotopic (exact) mass is 785 g/mol. The van der Waals surface area contributed by atoms with Gasteiger partial charge in [0.15, 0.2) is 0 Å². The van der Waals surface area contributed by atoms with Crippen molar-refractivity contribution in [3.8, 4) is 0 Å². The van der Waals surface area contributed by atoms with E-state index in [1.807, 2.05) is 0 Å². The van der Waals surface area contributed by atoms with Crippen molar-refractivity contribution in [1.82, 2.24) is 20.9 Å². The second kappa shape index (κ2) is 16.5. The molecule has 3 N–H and O–H groups in total. The minimum absolute atomic E-state index is 0.369. The van der Waals surface area contributed by atoms with Gasteiger partial charge in [0.1, 0.15) is 0 Å². The van der Waals surface area contributed by atoms with E-state index in [9.17, 15) is 0 Å². The van der Waals surface area contributed by atoms with Crippen LogP contribution < -0.4 is 16.0 Å². The lowest BCUT2D eigenvalue weighted by Gasteiger charge is -2.51.